The lowest BCUT2D eigenvalue weighted by Gasteiger charge is -2.12. The van der Waals surface area contributed by atoms with Crippen molar-refractivity contribution in [2.45, 2.75) is 40.3 Å². The van der Waals surface area contributed by atoms with E-state index in [0.29, 0.717) is 12.3 Å². The fraction of sp³-hybridized carbons (Fsp3) is 0.500. The van der Waals surface area contributed by atoms with Gasteiger partial charge in [-0.15, -0.1) is 0 Å². The van der Waals surface area contributed by atoms with Crippen molar-refractivity contribution in [2.75, 3.05) is 27.3 Å². The summed E-state index contributed by atoms with van der Waals surface area (Å²) in [5, 5.41) is 11.1. The van der Waals surface area contributed by atoms with Crippen LogP contribution in [0, 0.1) is 13.8 Å². The van der Waals surface area contributed by atoms with Gasteiger partial charge in [-0.3, -0.25) is 4.68 Å². The fourth-order valence-corrected chi connectivity index (χ4v) is 2.83. The van der Waals surface area contributed by atoms with Gasteiger partial charge in [-0.1, -0.05) is 6.07 Å². The third-order valence-electron chi connectivity index (χ3n) is 4.15. The molecule has 0 unspecified atom stereocenters. The lowest BCUT2D eigenvalue weighted by atomic mass is 10.2. The number of rotatable bonds is 9. The second kappa shape index (κ2) is 10.4. The van der Waals surface area contributed by atoms with Gasteiger partial charge in [-0.05, 0) is 51.0 Å². The Morgan fingerprint density at radius 3 is 2.52 bits per heavy atom. The Hall–Kier alpha value is -2.70. The molecule has 0 fully saturated rings. The predicted molar refractivity (Wildman–Crippen MR) is 109 cm³/mol. The third kappa shape index (κ3) is 6.20. The van der Waals surface area contributed by atoms with E-state index in [4.69, 9.17) is 9.47 Å². The van der Waals surface area contributed by atoms with Crippen LogP contribution < -0.4 is 20.1 Å². The van der Waals surface area contributed by atoms with Crippen LogP contribution in [0.1, 0.15) is 30.3 Å². The molecule has 1 aromatic carbocycles. The molecule has 0 saturated heterocycles. The number of benzene rings is 1. The van der Waals surface area contributed by atoms with Crippen molar-refractivity contribution in [1.29, 1.82) is 0 Å². The van der Waals surface area contributed by atoms with Gasteiger partial charge in [0.1, 0.15) is 0 Å². The van der Waals surface area contributed by atoms with Crippen molar-refractivity contribution in [3.63, 3.8) is 0 Å². The van der Waals surface area contributed by atoms with E-state index >= 15 is 0 Å². The molecule has 0 amide bonds. The van der Waals surface area contributed by atoms with Gasteiger partial charge in [0.15, 0.2) is 17.5 Å². The molecule has 0 saturated carbocycles. The first-order chi connectivity index (χ1) is 13.1. The predicted octanol–water partition coefficient (Wildman–Crippen LogP) is 2.66. The lowest BCUT2D eigenvalue weighted by Crippen LogP contribution is -2.38. The van der Waals surface area contributed by atoms with Crippen molar-refractivity contribution < 1.29 is 9.47 Å². The number of aliphatic imine (C=N–C) groups is 1. The Morgan fingerprint density at radius 1 is 1.11 bits per heavy atom. The number of hydrogen-bond acceptors (Lipinski definition) is 4. The molecule has 27 heavy (non-hydrogen) atoms. The van der Waals surface area contributed by atoms with Crippen molar-refractivity contribution in [3.8, 4) is 11.5 Å². The first kappa shape index (κ1) is 20.6. The summed E-state index contributed by atoms with van der Waals surface area (Å²) in [5.41, 5.74) is 3.32. The molecule has 1 aromatic heterocycles. The van der Waals surface area contributed by atoms with E-state index in [9.17, 15) is 0 Å². The monoisotopic (exact) mass is 373 g/mol. The SMILES string of the molecule is CCNC(=NCc1ccc(OC)c(OC)c1)NCCCn1nc(C)cc1C. The van der Waals surface area contributed by atoms with Gasteiger partial charge in [0.25, 0.3) is 0 Å². The molecular weight excluding hydrogens is 342 g/mol. The Morgan fingerprint density at radius 2 is 1.89 bits per heavy atom. The third-order valence-corrected chi connectivity index (χ3v) is 4.15. The summed E-state index contributed by atoms with van der Waals surface area (Å²) in [6.45, 7) is 9.26. The largest absolute Gasteiger partial charge is 0.493 e. The first-order valence-corrected chi connectivity index (χ1v) is 9.31. The number of nitrogens with one attached hydrogen (secondary N) is 2. The number of ether oxygens (including phenoxy) is 2. The first-order valence-electron chi connectivity index (χ1n) is 9.31. The maximum Gasteiger partial charge on any atom is 0.191 e. The van der Waals surface area contributed by atoms with E-state index in [-0.39, 0.29) is 0 Å². The van der Waals surface area contributed by atoms with Gasteiger partial charge in [0.05, 0.1) is 26.5 Å². The smallest absolute Gasteiger partial charge is 0.191 e. The molecular formula is C20H31N5O2. The van der Waals surface area contributed by atoms with E-state index < -0.39 is 0 Å². The fourth-order valence-electron chi connectivity index (χ4n) is 2.83. The number of methoxy groups -OCH3 is 2. The molecule has 7 nitrogen and oxygen atoms in total. The Kier molecular flexibility index (Phi) is 7.98. The molecule has 0 radical (unpaired) electrons. The molecule has 0 bridgehead atoms. The van der Waals surface area contributed by atoms with Crippen LogP contribution in [0.2, 0.25) is 0 Å². The summed E-state index contributed by atoms with van der Waals surface area (Å²) in [5.74, 6) is 2.24. The van der Waals surface area contributed by atoms with Crippen molar-refractivity contribution in [2.24, 2.45) is 4.99 Å². The molecule has 0 atom stereocenters. The van der Waals surface area contributed by atoms with Crippen LogP contribution in [-0.4, -0.2) is 43.0 Å². The number of guanidine groups is 1. The van der Waals surface area contributed by atoms with Crippen molar-refractivity contribution in [1.82, 2.24) is 20.4 Å². The van der Waals surface area contributed by atoms with E-state index in [0.717, 1.165) is 49.0 Å². The molecule has 0 aliphatic carbocycles. The van der Waals surface area contributed by atoms with E-state index in [1.54, 1.807) is 14.2 Å². The average Bonchev–Trinajstić information content (AvgIpc) is 2.99. The lowest BCUT2D eigenvalue weighted by molar-refractivity contribution is 0.354. The summed E-state index contributed by atoms with van der Waals surface area (Å²) in [6.07, 6.45) is 0.975. The molecule has 2 aromatic rings. The van der Waals surface area contributed by atoms with Gasteiger partial charge in [-0.2, -0.15) is 5.10 Å². The molecule has 0 spiro atoms. The van der Waals surface area contributed by atoms with Gasteiger partial charge >= 0.3 is 0 Å². The Labute approximate surface area is 161 Å². The maximum absolute atomic E-state index is 5.35. The van der Waals surface area contributed by atoms with Crippen LogP contribution in [0.5, 0.6) is 11.5 Å². The van der Waals surface area contributed by atoms with Crippen LogP contribution in [-0.2, 0) is 13.1 Å². The highest BCUT2D eigenvalue weighted by atomic mass is 16.5. The molecule has 0 aliphatic rings. The van der Waals surface area contributed by atoms with Crippen LogP contribution in [0.4, 0.5) is 0 Å². The van der Waals surface area contributed by atoms with Crippen LogP contribution >= 0.6 is 0 Å². The minimum Gasteiger partial charge on any atom is -0.493 e. The highest BCUT2D eigenvalue weighted by Gasteiger charge is 2.05. The summed E-state index contributed by atoms with van der Waals surface area (Å²) >= 11 is 0. The van der Waals surface area contributed by atoms with Crippen LogP contribution in [0.15, 0.2) is 29.3 Å². The standard InChI is InChI=1S/C20H31N5O2/c1-6-21-20(22-10-7-11-25-16(3)12-15(2)24-25)23-14-17-8-9-18(26-4)19(13-17)27-5/h8-9,12-13H,6-7,10-11,14H2,1-5H3,(H2,21,22,23). The molecule has 2 rings (SSSR count). The zero-order valence-electron chi connectivity index (χ0n) is 17.0. The van der Waals surface area contributed by atoms with E-state index in [2.05, 4.69) is 40.6 Å². The van der Waals surface area contributed by atoms with E-state index in [1.807, 2.05) is 29.8 Å². The number of aromatic nitrogens is 2. The van der Waals surface area contributed by atoms with E-state index in [1.165, 1.54) is 5.69 Å². The van der Waals surface area contributed by atoms with Gasteiger partial charge in [0, 0.05) is 25.3 Å². The maximum atomic E-state index is 5.35. The minimum absolute atomic E-state index is 0.563. The topological polar surface area (TPSA) is 72.7 Å². The Balaban J connectivity index is 1.89. The Bertz CT molecular complexity index is 755. The van der Waals surface area contributed by atoms with Crippen LogP contribution in [0.3, 0.4) is 0 Å². The normalized spacial score (nSPS) is 11.4. The highest BCUT2D eigenvalue weighted by molar-refractivity contribution is 5.79. The molecule has 0 aliphatic heterocycles. The number of nitrogens with zero attached hydrogens (tertiary/aromatic N) is 3. The van der Waals surface area contributed by atoms with Gasteiger partial charge < -0.3 is 20.1 Å². The van der Waals surface area contributed by atoms with Crippen LogP contribution in [0.25, 0.3) is 0 Å². The van der Waals surface area contributed by atoms with Crippen molar-refractivity contribution in [3.05, 3.63) is 41.2 Å². The molecule has 7 heteroatoms. The zero-order valence-corrected chi connectivity index (χ0v) is 17.0. The molecule has 148 valence electrons. The zero-order chi connectivity index (χ0) is 19.6. The number of aryl methyl sites for hydroxylation is 3. The van der Waals surface area contributed by atoms with Crippen molar-refractivity contribution >= 4 is 5.96 Å². The summed E-state index contributed by atoms with van der Waals surface area (Å²) < 4.78 is 12.7. The molecule has 2 N–H and O–H groups in total. The quantitative estimate of drug-likeness (QED) is 0.402. The van der Waals surface area contributed by atoms with Gasteiger partial charge in [-0.25, -0.2) is 4.99 Å². The highest BCUT2D eigenvalue weighted by Crippen LogP contribution is 2.27. The average molecular weight is 374 g/mol. The minimum atomic E-state index is 0.563. The summed E-state index contributed by atoms with van der Waals surface area (Å²) in [7, 11) is 3.27. The summed E-state index contributed by atoms with van der Waals surface area (Å²) in [4.78, 5) is 4.66. The molecule has 1 heterocycles. The van der Waals surface area contributed by atoms with Gasteiger partial charge in [0.2, 0.25) is 0 Å². The number of hydrogen-bond donors (Lipinski definition) is 2. The second-order valence-corrected chi connectivity index (χ2v) is 6.32. The summed E-state index contributed by atoms with van der Waals surface area (Å²) in [6, 6.07) is 7.95. The second-order valence-electron chi connectivity index (χ2n) is 6.32.